The van der Waals surface area contributed by atoms with Gasteiger partial charge in [-0.3, -0.25) is 4.79 Å². The maximum atomic E-state index is 11.5. The minimum Gasteiger partial charge on any atom is -0.305 e. The lowest BCUT2D eigenvalue weighted by Crippen LogP contribution is -2.17. The number of sulfone groups is 1. The van der Waals surface area contributed by atoms with Gasteiger partial charge in [-0.25, -0.2) is 13.4 Å². The van der Waals surface area contributed by atoms with Gasteiger partial charge >= 0.3 is 0 Å². The highest BCUT2D eigenvalue weighted by Crippen LogP contribution is 2.24. The number of hydrogen-bond donors (Lipinski definition) is 1. The molecular weight excluding hydrogens is 252 g/mol. The topological polar surface area (TPSA) is 79.9 Å². The Balaban J connectivity index is 3.04. The van der Waals surface area contributed by atoms with Crippen LogP contribution in [-0.4, -0.2) is 24.6 Å². The van der Waals surface area contributed by atoms with Crippen molar-refractivity contribution in [3.05, 3.63) is 33.7 Å². The van der Waals surface area contributed by atoms with Crippen molar-refractivity contribution in [3.8, 4) is 0 Å². The first kappa shape index (κ1) is 11.1. The number of halogens is 1. The van der Waals surface area contributed by atoms with Crippen LogP contribution in [0.15, 0.2) is 28.0 Å². The molecule has 2 aromatic rings. The fourth-order valence-corrected chi connectivity index (χ4v) is 2.88. The van der Waals surface area contributed by atoms with Crippen molar-refractivity contribution in [1.82, 2.24) is 9.97 Å². The Morgan fingerprint density at radius 3 is 2.75 bits per heavy atom. The number of pyridine rings is 2. The van der Waals surface area contributed by atoms with Gasteiger partial charge in [-0.05, 0) is 12.1 Å². The molecule has 0 aromatic carbocycles. The minimum atomic E-state index is -3.66. The summed E-state index contributed by atoms with van der Waals surface area (Å²) in [4.78, 5) is 17.4. The van der Waals surface area contributed by atoms with Crippen LogP contribution < -0.4 is 5.56 Å². The van der Waals surface area contributed by atoms with E-state index in [9.17, 15) is 13.2 Å². The molecule has 2 heterocycles. The summed E-state index contributed by atoms with van der Waals surface area (Å²) in [5.74, 6) is 0. The Hall–Kier alpha value is -1.40. The molecule has 0 atom stereocenters. The SMILES string of the molecule is CS(=O)(=O)c1c(Cl)c2cccnc2[nH]c1=O. The Morgan fingerprint density at radius 2 is 2.12 bits per heavy atom. The van der Waals surface area contributed by atoms with Gasteiger partial charge in [0.2, 0.25) is 0 Å². The van der Waals surface area contributed by atoms with Crippen LogP contribution in [0.1, 0.15) is 0 Å². The van der Waals surface area contributed by atoms with Gasteiger partial charge in [-0.1, -0.05) is 11.6 Å². The fraction of sp³-hybridized carbons (Fsp3) is 0.111. The van der Waals surface area contributed by atoms with E-state index in [1.54, 1.807) is 12.1 Å². The number of nitrogens with one attached hydrogen (secondary N) is 1. The largest absolute Gasteiger partial charge is 0.305 e. The number of H-pyrrole nitrogens is 1. The van der Waals surface area contributed by atoms with Crippen LogP contribution in [0.2, 0.25) is 5.02 Å². The van der Waals surface area contributed by atoms with E-state index >= 15 is 0 Å². The van der Waals surface area contributed by atoms with Crippen molar-refractivity contribution in [3.63, 3.8) is 0 Å². The molecule has 84 valence electrons. The second-order valence-electron chi connectivity index (χ2n) is 3.27. The molecule has 0 aliphatic rings. The highest BCUT2D eigenvalue weighted by Gasteiger charge is 2.19. The lowest BCUT2D eigenvalue weighted by atomic mass is 10.3. The minimum absolute atomic E-state index is 0.0886. The number of hydrogen-bond acceptors (Lipinski definition) is 4. The lowest BCUT2D eigenvalue weighted by Gasteiger charge is -2.03. The molecule has 0 bridgehead atoms. The smallest absolute Gasteiger partial charge is 0.269 e. The summed E-state index contributed by atoms with van der Waals surface area (Å²) in [7, 11) is -3.66. The molecule has 1 N–H and O–H groups in total. The van der Waals surface area contributed by atoms with E-state index in [-0.39, 0.29) is 10.7 Å². The number of rotatable bonds is 1. The van der Waals surface area contributed by atoms with Gasteiger partial charge in [0.25, 0.3) is 5.56 Å². The summed E-state index contributed by atoms with van der Waals surface area (Å²) >= 11 is 5.89. The van der Waals surface area contributed by atoms with Crippen LogP contribution in [0.5, 0.6) is 0 Å². The molecule has 0 aliphatic heterocycles. The van der Waals surface area contributed by atoms with Gasteiger partial charge in [0.05, 0.1) is 5.02 Å². The predicted octanol–water partition coefficient (Wildman–Crippen LogP) is 0.980. The summed E-state index contributed by atoms with van der Waals surface area (Å²) in [5, 5.41) is 0.318. The third-order valence-electron chi connectivity index (χ3n) is 2.05. The summed E-state index contributed by atoms with van der Waals surface area (Å²) in [6, 6.07) is 3.20. The molecule has 0 spiro atoms. The van der Waals surface area contributed by atoms with Crippen LogP contribution in [0.3, 0.4) is 0 Å². The molecule has 0 fully saturated rings. The van der Waals surface area contributed by atoms with E-state index in [2.05, 4.69) is 9.97 Å². The van der Waals surface area contributed by atoms with E-state index < -0.39 is 20.3 Å². The second kappa shape index (κ2) is 3.57. The monoisotopic (exact) mass is 258 g/mol. The normalized spacial score (nSPS) is 11.9. The Labute approximate surface area is 96.0 Å². The quantitative estimate of drug-likeness (QED) is 0.827. The molecule has 0 saturated carbocycles. The molecule has 2 aromatic heterocycles. The average molecular weight is 259 g/mol. The summed E-state index contributed by atoms with van der Waals surface area (Å²) in [6.45, 7) is 0. The van der Waals surface area contributed by atoms with Gasteiger partial charge in [-0.2, -0.15) is 0 Å². The maximum Gasteiger partial charge on any atom is 0.269 e. The molecule has 7 heteroatoms. The Morgan fingerprint density at radius 1 is 1.44 bits per heavy atom. The first-order valence-electron chi connectivity index (χ1n) is 4.28. The van der Waals surface area contributed by atoms with Crippen molar-refractivity contribution in [2.75, 3.05) is 6.26 Å². The summed E-state index contributed by atoms with van der Waals surface area (Å²) in [5.41, 5.74) is -0.483. The third kappa shape index (κ3) is 1.70. The summed E-state index contributed by atoms with van der Waals surface area (Å²) < 4.78 is 22.8. The van der Waals surface area contributed by atoms with Crippen molar-refractivity contribution in [2.24, 2.45) is 0 Å². The molecule has 0 amide bonds. The molecule has 16 heavy (non-hydrogen) atoms. The third-order valence-corrected chi connectivity index (χ3v) is 3.69. The van der Waals surface area contributed by atoms with Crippen molar-refractivity contribution in [1.29, 1.82) is 0 Å². The Kier molecular flexibility index (Phi) is 2.47. The van der Waals surface area contributed by atoms with Gasteiger partial charge in [0, 0.05) is 17.8 Å². The summed E-state index contributed by atoms with van der Waals surface area (Å²) in [6.07, 6.45) is 2.42. The van der Waals surface area contributed by atoms with E-state index in [1.165, 1.54) is 6.20 Å². The molecular formula is C9H7ClN2O3S. The fourth-order valence-electron chi connectivity index (χ4n) is 1.40. The second-order valence-corrected chi connectivity index (χ2v) is 5.60. The molecule has 0 aliphatic carbocycles. The van der Waals surface area contributed by atoms with Crippen LogP contribution >= 0.6 is 11.6 Å². The van der Waals surface area contributed by atoms with Crippen LogP contribution in [0.25, 0.3) is 11.0 Å². The van der Waals surface area contributed by atoms with Gasteiger partial charge < -0.3 is 4.98 Å². The Bertz CT molecular complexity index is 721. The number of aromatic amines is 1. The van der Waals surface area contributed by atoms with Crippen molar-refractivity contribution >= 4 is 32.5 Å². The number of nitrogens with zero attached hydrogens (tertiary/aromatic N) is 1. The number of aromatic nitrogens is 2. The predicted molar refractivity (Wildman–Crippen MR) is 60.5 cm³/mol. The zero-order chi connectivity index (χ0) is 11.9. The maximum absolute atomic E-state index is 11.5. The van der Waals surface area contributed by atoms with E-state index in [0.29, 0.717) is 5.39 Å². The average Bonchev–Trinajstić information content (AvgIpc) is 2.15. The lowest BCUT2D eigenvalue weighted by molar-refractivity contribution is 0.601. The zero-order valence-electron chi connectivity index (χ0n) is 8.19. The van der Waals surface area contributed by atoms with Crippen molar-refractivity contribution in [2.45, 2.75) is 4.90 Å². The van der Waals surface area contributed by atoms with E-state index in [1.807, 2.05) is 0 Å². The van der Waals surface area contributed by atoms with Crippen LogP contribution in [0, 0.1) is 0 Å². The molecule has 0 radical (unpaired) electrons. The molecule has 5 nitrogen and oxygen atoms in total. The first-order valence-corrected chi connectivity index (χ1v) is 6.55. The highest BCUT2D eigenvalue weighted by molar-refractivity contribution is 7.90. The van der Waals surface area contributed by atoms with Crippen LogP contribution in [0.4, 0.5) is 0 Å². The van der Waals surface area contributed by atoms with Crippen LogP contribution in [-0.2, 0) is 9.84 Å². The number of fused-ring (bicyclic) bond motifs is 1. The van der Waals surface area contributed by atoms with E-state index in [0.717, 1.165) is 6.26 Å². The van der Waals surface area contributed by atoms with Gasteiger partial charge in [0.1, 0.15) is 5.65 Å². The standard InChI is InChI=1S/C9H7ClN2O3S/c1-16(14,15)7-6(10)5-3-2-4-11-8(5)12-9(7)13/h2-4H,1H3,(H,11,12,13). The zero-order valence-corrected chi connectivity index (χ0v) is 9.76. The first-order chi connectivity index (χ1) is 7.41. The van der Waals surface area contributed by atoms with Crippen molar-refractivity contribution < 1.29 is 8.42 Å². The van der Waals surface area contributed by atoms with E-state index in [4.69, 9.17) is 11.6 Å². The molecule has 2 rings (SSSR count). The highest BCUT2D eigenvalue weighted by atomic mass is 35.5. The van der Waals surface area contributed by atoms with Gasteiger partial charge in [0.15, 0.2) is 14.7 Å². The van der Waals surface area contributed by atoms with Gasteiger partial charge in [-0.15, -0.1) is 0 Å². The molecule has 0 unspecified atom stereocenters. The molecule has 0 saturated heterocycles.